The smallest absolute Gasteiger partial charge is 0.202 e. The molecule has 2 heterocycles. The van der Waals surface area contributed by atoms with Gasteiger partial charge in [0.15, 0.2) is 17.3 Å². The Morgan fingerprint density at radius 3 is 2.29 bits per heavy atom. The fourth-order valence-corrected chi connectivity index (χ4v) is 6.69. The number of rotatable bonds is 6. The van der Waals surface area contributed by atoms with Gasteiger partial charge in [-0.05, 0) is 30.7 Å². The molecule has 3 aromatic carbocycles. The van der Waals surface area contributed by atoms with E-state index in [1.807, 2.05) is 25.1 Å². The topological polar surface area (TPSA) is 127 Å². The highest BCUT2D eigenvalue weighted by Gasteiger charge is 2.56. The number of hydrogen-bond acceptors (Lipinski definition) is 10. The summed E-state index contributed by atoms with van der Waals surface area (Å²) in [4.78, 5) is 34.9. The highest BCUT2D eigenvalue weighted by atomic mass is 16.6. The second-order valence-electron chi connectivity index (χ2n) is 10.6. The maximum atomic E-state index is 13.8. The molecule has 10 nitrogen and oxygen atoms in total. The molecule has 2 unspecified atom stereocenters. The standard InChI is InChI=1S/C31H30N2O8/c1-31-13-17-23(18(12-22(31)32-41-5)33(31)14-15-9-10-19(38-2)21(11-15)40-4)29(36)26-25(28(17)35)27(34)16-7-6-8-20(39-3)24(16)30(26)37/h6-11,18,35-36H,12-14H2,1-5H3/b32-22+. The summed E-state index contributed by atoms with van der Waals surface area (Å²) in [7, 11) is 6.03. The lowest BCUT2D eigenvalue weighted by atomic mass is 9.76. The summed E-state index contributed by atoms with van der Waals surface area (Å²) >= 11 is 0. The molecule has 2 aliphatic heterocycles. The predicted octanol–water partition coefficient (Wildman–Crippen LogP) is 4.16. The summed E-state index contributed by atoms with van der Waals surface area (Å²) in [5.41, 5.74) is 1.54. The summed E-state index contributed by atoms with van der Waals surface area (Å²) in [6, 6.07) is 9.91. The van der Waals surface area contributed by atoms with E-state index >= 15 is 0 Å². The maximum Gasteiger partial charge on any atom is 0.202 e. The molecule has 2 atom stereocenters. The average molecular weight is 559 g/mol. The van der Waals surface area contributed by atoms with Crippen LogP contribution in [0.25, 0.3) is 0 Å². The quantitative estimate of drug-likeness (QED) is 0.265. The van der Waals surface area contributed by atoms with E-state index in [2.05, 4.69) is 10.1 Å². The van der Waals surface area contributed by atoms with E-state index in [0.717, 1.165) is 11.3 Å². The molecule has 0 aromatic heterocycles. The van der Waals surface area contributed by atoms with Crippen LogP contribution in [-0.4, -0.2) is 66.4 Å². The number of fused-ring (bicyclic) bond motifs is 6. The van der Waals surface area contributed by atoms with Crippen molar-refractivity contribution in [2.24, 2.45) is 5.16 Å². The number of nitrogens with zero attached hydrogens (tertiary/aromatic N) is 2. The minimum absolute atomic E-state index is 0.0676. The molecule has 2 N–H and O–H groups in total. The Morgan fingerprint density at radius 2 is 1.61 bits per heavy atom. The Bertz CT molecular complexity index is 1660. The van der Waals surface area contributed by atoms with Crippen molar-refractivity contribution in [3.8, 4) is 28.7 Å². The van der Waals surface area contributed by atoms with Gasteiger partial charge in [-0.3, -0.25) is 14.5 Å². The number of phenols is 2. The predicted molar refractivity (Wildman–Crippen MR) is 149 cm³/mol. The molecular formula is C31H30N2O8. The van der Waals surface area contributed by atoms with Gasteiger partial charge in [-0.1, -0.05) is 23.4 Å². The fourth-order valence-electron chi connectivity index (χ4n) is 6.69. The number of benzene rings is 3. The summed E-state index contributed by atoms with van der Waals surface area (Å²) in [6.45, 7) is 2.43. The number of phenolic OH excluding ortho intramolecular Hbond substituents is 2. The number of hydrogen-bond donors (Lipinski definition) is 2. The van der Waals surface area contributed by atoms with Gasteiger partial charge in [-0.2, -0.15) is 0 Å². The molecule has 2 bridgehead atoms. The van der Waals surface area contributed by atoms with Crippen molar-refractivity contribution in [2.75, 3.05) is 28.4 Å². The number of methoxy groups -OCH3 is 3. The molecule has 0 radical (unpaired) electrons. The molecule has 6 rings (SSSR count). The Morgan fingerprint density at radius 1 is 0.902 bits per heavy atom. The number of carbonyl (C=O) groups is 2. The van der Waals surface area contributed by atoms with E-state index in [0.29, 0.717) is 35.6 Å². The van der Waals surface area contributed by atoms with E-state index in [1.54, 1.807) is 26.4 Å². The molecule has 1 aliphatic carbocycles. The lowest BCUT2D eigenvalue weighted by Gasteiger charge is -2.44. The molecule has 0 amide bonds. The van der Waals surface area contributed by atoms with E-state index in [1.165, 1.54) is 20.3 Å². The van der Waals surface area contributed by atoms with Gasteiger partial charge in [0.05, 0.1) is 49.3 Å². The fraction of sp³-hybridized carbons (Fsp3) is 0.323. The lowest BCUT2D eigenvalue weighted by Crippen LogP contribution is -2.50. The van der Waals surface area contributed by atoms with E-state index in [-0.39, 0.29) is 45.9 Å². The Balaban J connectivity index is 1.54. The van der Waals surface area contributed by atoms with Crippen molar-refractivity contribution in [2.45, 2.75) is 37.9 Å². The van der Waals surface area contributed by atoms with Crippen LogP contribution >= 0.6 is 0 Å². The average Bonchev–Trinajstić information content (AvgIpc) is 3.14. The first-order valence-corrected chi connectivity index (χ1v) is 13.1. The zero-order valence-corrected chi connectivity index (χ0v) is 23.4. The zero-order chi connectivity index (χ0) is 29.2. The van der Waals surface area contributed by atoms with Gasteiger partial charge in [-0.25, -0.2) is 0 Å². The van der Waals surface area contributed by atoms with Crippen LogP contribution in [0.2, 0.25) is 0 Å². The van der Waals surface area contributed by atoms with Crippen LogP contribution in [0.4, 0.5) is 0 Å². The van der Waals surface area contributed by atoms with Crippen LogP contribution in [0.1, 0.15) is 67.9 Å². The van der Waals surface area contributed by atoms with E-state index in [9.17, 15) is 19.8 Å². The number of oxime groups is 1. The van der Waals surface area contributed by atoms with Gasteiger partial charge in [0.25, 0.3) is 0 Å². The van der Waals surface area contributed by atoms with Crippen molar-refractivity contribution in [3.63, 3.8) is 0 Å². The molecule has 212 valence electrons. The SMILES string of the molecule is CO/N=C1\CC2c3c(O)c4c(c(O)c3CC1(C)N2Cc1ccc(OC)c(OC)c1)C(=O)c1cccc(OC)c1C4=O. The van der Waals surface area contributed by atoms with Crippen LogP contribution in [0.3, 0.4) is 0 Å². The summed E-state index contributed by atoms with van der Waals surface area (Å²) in [5.74, 6) is -0.320. The molecule has 3 aromatic rings. The van der Waals surface area contributed by atoms with Crippen LogP contribution in [0.15, 0.2) is 41.6 Å². The van der Waals surface area contributed by atoms with Crippen molar-refractivity contribution in [1.29, 1.82) is 0 Å². The molecule has 1 saturated heterocycles. The number of ether oxygens (including phenoxy) is 3. The third kappa shape index (κ3) is 3.63. The molecule has 1 fully saturated rings. The summed E-state index contributed by atoms with van der Waals surface area (Å²) in [6.07, 6.45) is 0.617. The molecule has 0 spiro atoms. The summed E-state index contributed by atoms with van der Waals surface area (Å²) in [5, 5.41) is 27.7. The van der Waals surface area contributed by atoms with Crippen LogP contribution in [0, 0.1) is 0 Å². The third-order valence-electron chi connectivity index (χ3n) is 8.64. The Kier molecular flexibility index (Phi) is 6.18. The molecule has 10 heteroatoms. The highest BCUT2D eigenvalue weighted by molar-refractivity contribution is 6.31. The van der Waals surface area contributed by atoms with Gasteiger partial charge in [0.1, 0.15) is 24.4 Å². The monoisotopic (exact) mass is 558 g/mol. The maximum absolute atomic E-state index is 13.8. The van der Waals surface area contributed by atoms with Crippen molar-refractivity contribution >= 4 is 17.3 Å². The van der Waals surface area contributed by atoms with Crippen LogP contribution in [0.5, 0.6) is 28.7 Å². The van der Waals surface area contributed by atoms with Crippen molar-refractivity contribution < 1.29 is 38.9 Å². The van der Waals surface area contributed by atoms with Crippen molar-refractivity contribution in [1.82, 2.24) is 4.90 Å². The number of ketones is 2. The molecule has 41 heavy (non-hydrogen) atoms. The molecular weight excluding hydrogens is 528 g/mol. The largest absolute Gasteiger partial charge is 0.507 e. The van der Waals surface area contributed by atoms with Crippen LogP contribution < -0.4 is 14.2 Å². The normalized spacial score (nSPS) is 21.8. The van der Waals surface area contributed by atoms with Gasteiger partial charge >= 0.3 is 0 Å². The second-order valence-corrected chi connectivity index (χ2v) is 10.6. The molecule has 0 saturated carbocycles. The summed E-state index contributed by atoms with van der Waals surface area (Å²) < 4.78 is 16.3. The van der Waals surface area contributed by atoms with Gasteiger partial charge in [-0.15, -0.1) is 0 Å². The Labute approximate surface area is 236 Å². The zero-order valence-electron chi connectivity index (χ0n) is 23.4. The molecule has 3 aliphatic rings. The van der Waals surface area contributed by atoms with Crippen molar-refractivity contribution in [3.05, 3.63) is 75.3 Å². The van der Waals surface area contributed by atoms with Crippen LogP contribution in [-0.2, 0) is 17.8 Å². The van der Waals surface area contributed by atoms with Gasteiger partial charge in [0.2, 0.25) is 5.78 Å². The lowest BCUT2D eigenvalue weighted by molar-refractivity contribution is 0.0960. The van der Waals surface area contributed by atoms with E-state index < -0.39 is 23.1 Å². The first-order valence-electron chi connectivity index (χ1n) is 13.1. The highest BCUT2D eigenvalue weighted by Crippen LogP contribution is 2.57. The van der Waals surface area contributed by atoms with E-state index in [4.69, 9.17) is 19.0 Å². The van der Waals surface area contributed by atoms with Gasteiger partial charge < -0.3 is 29.3 Å². The third-order valence-corrected chi connectivity index (χ3v) is 8.64. The first-order chi connectivity index (χ1) is 19.7. The minimum atomic E-state index is -0.720. The van der Waals surface area contributed by atoms with Gasteiger partial charge in [0, 0.05) is 42.1 Å². The Hall–Kier alpha value is -4.57. The first kappa shape index (κ1) is 26.6. The number of carbonyl (C=O) groups excluding carboxylic acids is 2. The second kappa shape index (κ2) is 9.52. The number of aromatic hydroxyl groups is 2. The minimum Gasteiger partial charge on any atom is -0.507 e.